The zero-order valence-corrected chi connectivity index (χ0v) is 10.2. The topological polar surface area (TPSA) is 38.1 Å². The van der Waals surface area contributed by atoms with Crippen molar-refractivity contribution in [2.24, 2.45) is 0 Å². The summed E-state index contributed by atoms with van der Waals surface area (Å²) in [5.74, 6) is 0. The molecule has 1 N–H and O–H groups in total. The van der Waals surface area contributed by atoms with Crippen LogP contribution in [0.4, 0.5) is 6.01 Å². The van der Waals surface area contributed by atoms with E-state index in [1.165, 1.54) is 37.7 Å². The average molecular weight is 230 g/mol. The maximum Gasteiger partial charge on any atom is 0.295 e. The predicted molar refractivity (Wildman–Crippen MR) is 69.2 cm³/mol. The SMILES string of the molecule is Cc1ccc2oc(NC3CCCCC3)nc2c1. The van der Waals surface area contributed by atoms with Gasteiger partial charge >= 0.3 is 0 Å². The minimum Gasteiger partial charge on any atom is -0.424 e. The fraction of sp³-hybridized carbons (Fsp3) is 0.500. The Labute approximate surface area is 101 Å². The highest BCUT2D eigenvalue weighted by Crippen LogP contribution is 2.24. The van der Waals surface area contributed by atoms with Crippen LogP contribution < -0.4 is 5.32 Å². The summed E-state index contributed by atoms with van der Waals surface area (Å²) >= 11 is 0. The molecule has 3 heteroatoms. The number of aryl methyl sites for hydroxylation is 1. The van der Waals surface area contributed by atoms with Crippen LogP contribution in [0.5, 0.6) is 0 Å². The first kappa shape index (κ1) is 10.6. The summed E-state index contributed by atoms with van der Waals surface area (Å²) in [6.07, 6.45) is 6.47. The molecule has 90 valence electrons. The van der Waals surface area contributed by atoms with Gasteiger partial charge in [-0.3, -0.25) is 0 Å². The molecule has 1 aromatic heterocycles. The second-order valence-corrected chi connectivity index (χ2v) is 4.97. The van der Waals surface area contributed by atoms with Gasteiger partial charge in [0.05, 0.1) is 0 Å². The van der Waals surface area contributed by atoms with Crippen molar-refractivity contribution in [3.63, 3.8) is 0 Å². The summed E-state index contributed by atoms with van der Waals surface area (Å²) in [4.78, 5) is 4.49. The highest BCUT2D eigenvalue weighted by molar-refractivity contribution is 5.75. The van der Waals surface area contributed by atoms with E-state index in [9.17, 15) is 0 Å². The molecule has 0 aliphatic heterocycles. The quantitative estimate of drug-likeness (QED) is 0.850. The lowest BCUT2D eigenvalue weighted by atomic mass is 9.96. The van der Waals surface area contributed by atoms with Gasteiger partial charge in [0.1, 0.15) is 5.52 Å². The number of aromatic nitrogens is 1. The van der Waals surface area contributed by atoms with Gasteiger partial charge in [-0.15, -0.1) is 0 Å². The molecule has 0 radical (unpaired) electrons. The van der Waals surface area contributed by atoms with E-state index in [1.807, 2.05) is 6.07 Å². The monoisotopic (exact) mass is 230 g/mol. The van der Waals surface area contributed by atoms with Crippen molar-refractivity contribution < 1.29 is 4.42 Å². The van der Waals surface area contributed by atoms with Crippen molar-refractivity contribution in [3.8, 4) is 0 Å². The number of hydrogen-bond donors (Lipinski definition) is 1. The van der Waals surface area contributed by atoms with Gasteiger partial charge in [0.2, 0.25) is 0 Å². The van der Waals surface area contributed by atoms with E-state index in [2.05, 4.69) is 29.4 Å². The molecular formula is C14H18N2O. The molecule has 0 amide bonds. The maximum absolute atomic E-state index is 5.70. The van der Waals surface area contributed by atoms with E-state index in [4.69, 9.17) is 4.42 Å². The fourth-order valence-corrected chi connectivity index (χ4v) is 2.52. The summed E-state index contributed by atoms with van der Waals surface area (Å²) in [5.41, 5.74) is 3.03. The Balaban J connectivity index is 1.80. The lowest BCUT2D eigenvalue weighted by Gasteiger charge is -2.21. The summed E-state index contributed by atoms with van der Waals surface area (Å²) in [6.45, 7) is 2.07. The molecule has 3 rings (SSSR count). The van der Waals surface area contributed by atoms with Gasteiger partial charge in [0.15, 0.2) is 5.58 Å². The normalized spacial score (nSPS) is 17.5. The average Bonchev–Trinajstić information content (AvgIpc) is 2.71. The van der Waals surface area contributed by atoms with Crippen LogP contribution in [-0.2, 0) is 0 Å². The van der Waals surface area contributed by atoms with E-state index in [0.29, 0.717) is 12.1 Å². The molecule has 1 aliphatic carbocycles. The Morgan fingerprint density at radius 2 is 2.06 bits per heavy atom. The molecule has 1 saturated carbocycles. The second-order valence-electron chi connectivity index (χ2n) is 4.97. The zero-order valence-electron chi connectivity index (χ0n) is 10.2. The van der Waals surface area contributed by atoms with Crippen LogP contribution in [0, 0.1) is 6.92 Å². The van der Waals surface area contributed by atoms with Gasteiger partial charge in [-0.05, 0) is 37.5 Å². The van der Waals surface area contributed by atoms with Crippen molar-refractivity contribution in [1.29, 1.82) is 0 Å². The van der Waals surface area contributed by atoms with Crippen LogP contribution in [0.15, 0.2) is 22.6 Å². The van der Waals surface area contributed by atoms with Crippen molar-refractivity contribution in [3.05, 3.63) is 23.8 Å². The molecule has 1 heterocycles. The predicted octanol–water partition coefficient (Wildman–Crippen LogP) is 3.88. The summed E-state index contributed by atoms with van der Waals surface area (Å²) in [7, 11) is 0. The number of rotatable bonds is 2. The van der Waals surface area contributed by atoms with Crippen LogP contribution in [-0.4, -0.2) is 11.0 Å². The molecule has 2 aromatic rings. The Bertz CT molecular complexity index is 512. The first-order chi connectivity index (χ1) is 8.31. The molecule has 17 heavy (non-hydrogen) atoms. The first-order valence-corrected chi connectivity index (χ1v) is 6.45. The third kappa shape index (κ3) is 2.28. The Morgan fingerprint density at radius 3 is 2.88 bits per heavy atom. The van der Waals surface area contributed by atoms with Gasteiger partial charge < -0.3 is 9.73 Å². The molecule has 1 fully saturated rings. The van der Waals surface area contributed by atoms with Gasteiger partial charge in [-0.2, -0.15) is 4.98 Å². The van der Waals surface area contributed by atoms with Gasteiger partial charge in [-0.25, -0.2) is 0 Å². The molecule has 1 aliphatic rings. The molecular weight excluding hydrogens is 212 g/mol. The molecule has 0 unspecified atom stereocenters. The third-order valence-corrected chi connectivity index (χ3v) is 3.48. The minimum atomic E-state index is 0.540. The fourth-order valence-electron chi connectivity index (χ4n) is 2.52. The first-order valence-electron chi connectivity index (χ1n) is 6.45. The molecule has 3 nitrogen and oxygen atoms in total. The number of fused-ring (bicyclic) bond motifs is 1. The van der Waals surface area contributed by atoms with Gasteiger partial charge in [0, 0.05) is 6.04 Å². The number of benzene rings is 1. The Morgan fingerprint density at radius 1 is 1.24 bits per heavy atom. The maximum atomic E-state index is 5.70. The van der Waals surface area contributed by atoms with Crippen LogP contribution in [0.3, 0.4) is 0 Å². The number of anilines is 1. The highest BCUT2D eigenvalue weighted by atomic mass is 16.4. The number of nitrogens with one attached hydrogen (secondary N) is 1. The lowest BCUT2D eigenvalue weighted by Crippen LogP contribution is -2.22. The van der Waals surface area contributed by atoms with Crippen LogP contribution >= 0.6 is 0 Å². The van der Waals surface area contributed by atoms with Gasteiger partial charge in [0.25, 0.3) is 6.01 Å². The largest absolute Gasteiger partial charge is 0.424 e. The summed E-state index contributed by atoms with van der Waals surface area (Å²) in [5, 5.41) is 3.41. The van der Waals surface area contributed by atoms with Crippen molar-refractivity contribution >= 4 is 17.1 Å². The number of oxazole rings is 1. The Hall–Kier alpha value is -1.51. The highest BCUT2D eigenvalue weighted by Gasteiger charge is 2.15. The standard InChI is InChI=1S/C14H18N2O/c1-10-7-8-13-12(9-10)16-14(17-13)15-11-5-3-2-4-6-11/h7-9,11H,2-6H2,1H3,(H,15,16). The molecule has 0 bridgehead atoms. The van der Waals surface area contributed by atoms with Crippen molar-refractivity contribution in [2.75, 3.05) is 5.32 Å². The molecule has 1 aromatic carbocycles. The van der Waals surface area contributed by atoms with E-state index in [-0.39, 0.29) is 0 Å². The summed E-state index contributed by atoms with van der Waals surface area (Å²) in [6, 6.07) is 7.32. The van der Waals surface area contributed by atoms with Crippen LogP contribution in [0.1, 0.15) is 37.7 Å². The van der Waals surface area contributed by atoms with Crippen LogP contribution in [0.25, 0.3) is 11.1 Å². The van der Waals surface area contributed by atoms with E-state index >= 15 is 0 Å². The third-order valence-electron chi connectivity index (χ3n) is 3.48. The smallest absolute Gasteiger partial charge is 0.295 e. The number of nitrogens with zero attached hydrogens (tertiary/aromatic N) is 1. The molecule has 0 spiro atoms. The zero-order chi connectivity index (χ0) is 11.7. The van der Waals surface area contributed by atoms with Crippen molar-refractivity contribution in [2.45, 2.75) is 45.1 Å². The second kappa shape index (κ2) is 4.40. The van der Waals surface area contributed by atoms with E-state index in [0.717, 1.165) is 11.1 Å². The molecule has 0 saturated heterocycles. The Kier molecular flexibility index (Phi) is 2.75. The van der Waals surface area contributed by atoms with Crippen molar-refractivity contribution in [1.82, 2.24) is 4.98 Å². The minimum absolute atomic E-state index is 0.540. The molecule has 0 atom stereocenters. The van der Waals surface area contributed by atoms with Crippen LogP contribution in [0.2, 0.25) is 0 Å². The van der Waals surface area contributed by atoms with E-state index < -0.39 is 0 Å². The number of hydrogen-bond acceptors (Lipinski definition) is 3. The summed E-state index contributed by atoms with van der Waals surface area (Å²) < 4.78 is 5.70. The van der Waals surface area contributed by atoms with Gasteiger partial charge in [-0.1, -0.05) is 25.3 Å². The van der Waals surface area contributed by atoms with E-state index in [1.54, 1.807) is 0 Å². The lowest BCUT2D eigenvalue weighted by molar-refractivity contribution is 0.451.